The van der Waals surface area contributed by atoms with Gasteiger partial charge in [-0.25, -0.2) is 4.98 Å². The Morgan fingerprint density at radius 1 is 1.19 bits per heavy atom. The highest BCUT2D eigenvalue weighted by atomic mass is 16.5. The summed E-state index contributed by atoms with van der Waals surface area (Å²) in [6.07, 6.45) is 0. The van der Waals surface area contributed by atoms with Gasteiger partial charge in [0.25, 0.3) is 5.91 Å². The second kappa shape index (κ2) is 8.25. The number of morpholine rings is 1. The number of rotatable bonds is 4. The summed E-state index contributed by atoms with van der Waals surface area (Å²) in [7, 11) is 1.54. The maximum atomic E-state index is 13.4. The largest absolute Gasteiger partial charge is 0.494 e. The molecular formula is C23H25N5O4. The van der Waals surface area contributed by atoms with Crippen LogP contribution in [0.4, 0.5) is 11.5 Å². The van der Waals surface area contributed by atoms with Gasteiger partial charge in [0.15, 0.2) is 0 Å². The van der Waals surface area contributed by atoms with Gasteiger partial charge in [-0.15, -0.1) is 0 Å². The third-order valence-electron chi connectivity index (χ3n) is 5.93. The Bertz CT molecular complexity index is 1260. The van der Waals surface area contributed by atoms with Crippen LogP contribution in [0.3, 0.4) is 0 Å². The summed E-state index contributed by atoms with van der Waals surface area (Å²) >= 11 is 0. The van der Waals surface area contributed by atoms with Crippen molar-refractivity contribution in [2.75, 3.05) is 43.6 Å². The molecule has 1 aromatic carbocycles. The van der Waals surface area contributed by atoms with E-state index in [1.807, 2.05) is 19.1 Å². The van der Waals surface area contributed by atoms with Crippen LogP contribution in [0.15, 0.2) is 29.1 Å². The van der Waals surface area contributed by atoms with E-state index in [-0.39, 0.29) is 11.5 Å². The summed E-state index contributed by atoms with van der Waals surface area (Å²) in [5.41, 5.74) is 4.35. The zero-order valence-corrected chi connectivity index (χ0v) is 18.1. The van der Waals surface area contributed by atoms with Gasteiger partial charge < -0.3 is 30.0 Å². The Hall–Kier alpha value is -3.43. The minimum absolute atomic E-state index is 0.196. The molecule has 9 nitrogen and oxygen atoms in total. The fourth-order valence-corrected chi connectivity index (χ4v) is 4.31. The maximum absolute atomic E-state index is 13.4. The van der Waals surface area contributed by atoms with Crippen LogP contribution < -0.4 is 25.8 Å². The molecule has 0 saturated carbocycles. The van der Waals surface area contributed by atoms with E-state index < -0.39 is 0 Å². The lowest BCUT2D eigenvalue weighted by molar-refractivity contribution is 0.102. The van der Waals surface area contributed by atoms with Gasteiger partial charge in [-0.1, -0.05) is 0 Å². The normalized spacial score (nSPS) is 15.6. The molecule has 0 atom stereocenters. The van der Waals surface area contributed by atoms with Crippen molar-refractivity contribution in [1.82, 2.24) is 15.3 Å². The molecule has 1 fully saturated rings. The quantitative estimate of drug-likeness (QED) is 0.575. The Labute approximate surface area is 184 Å². The van der Waals surface area contributed by atoms with Gasteiger partial charge in [0.2, 0.25) is 5.56 Å². The van der Waals surface area contributed by atoms with Crippen molar-refractivity contribution in [2.24, 2.45) is 0 Å². The van der Waals surface area contributed by atoms with E-state index in [1.165, 1.54) is 13.2 Å². The van der Waals surface area contributed by atoms with Crippen LogP contribution in [0.1, 0.15) is 27.2 Å². The zero-order valence-electron chi connectivity index (χ0n) is 18.1. The molecular weight excluding hydrogens is 410 g/mol. The number of aromatic nitrogens is 2. The zero-order chi connectivity index (χ0) is 22.2. The highest BCUT2D eigenvalue weighted by Gasteiger charge is 2.25. The molecule has 9 heteroatoms. The smallest absolute Gasteiger partial charge is 0.259 e. The molecule has 5 rings (SSSR count). The van der Waals surface area contributed by atoms with Crippen LogP contribution in [-0.4, -0.2) is 49.3 Å². The van der Waals surface area contributed by atoms with Crippen molar-refractivity contribution in [3.05, 3.63) is 57.0 Å². The van der Waals surface area contributed by atoms with Gasteiger partial charge in [-0.2, -0.15) is 0 Å². The number of carbonyl (C=O) groups excluding carboxylic acids is 1. The number of amides is 1. The molecule has 2 aliphatic rings. The maximum Gasteiger partial charge on any atom is 0.259 e. The lowest BCUT2D eigenvalue weighted by atomic mass is 10.1. The number of nitrogens with zero attached hydrogens (tertiary/aromatic N) is 2. The monoisotopic (exact) mass is 435 g/mol. The standard InChI is InChI=1S/C23H25N5O4/c1-13-7-20(29)27-21-16(13)9-15(10-19(21)31-2)25-23(30)17-8-14-11-24-12-18(14)26-22(17)28-3-5-32-6-4-28/h7-10,24H,3-6,11-12H2,1-2H3,(H,25,30)(H,27,29). The van der Waals surface area contributed by atoms with Gasteiger partial charge in [-0.3, -0.25) is 9.59 Å². The number of aryl methyl sites for hydroxylation is 1. The predicted molar refractivity (Wildman–Crippen MR) is 122 cm³/mol. The van der Waals surface area contributed by atoms with Crippen LogP contribution in [0, 0.1) is 6.92 Å². The molecule has 0 aliphatic carbocycles. The Kier molecular flexibility index (Phi) is 5.28. The number of nitrogens with one attached hydrogen (secondary N) is 3. The van der Waals surface area contributed by atoms with Crippen molar-refractivity contribution in [3.63, 3.8) is 0 Å². The van der Waals surface area contributed by atoms with E-state index >= 15 is 0 Å². The number of pyridine rings is 2. The molecule has 4 heterocycles. The SMILES string of the molecule is COc1cc(NC(=O)c2cc3c(nc2N2CCOCC2)CNC3)cc2c(C)cc(=O)[nH]c12. The van der Waals surface area contributed by atoms with Crippen LogP contribution in [0.25, 0.3) is 10.9 Å². The number of ether oxygens (including phenoxy) is 2. The van der Waals surface area contributed by atoms with Crippen molar-refractivity contribution >= 4 is 28.3 Å². The lowest BCUT2D eigenvalue weighted by Gasteiger charge is -2.29. The molecule has 0 unspecified atom stereocenters. The van der Waals surface area contributed by atoms with Gasteiger partial charge in [-0.05, 0) is 30.2 Å². The molecule has 2 aliphatic heterocycles. The Morgan fingerprint density at radius 2 is 2.00 bits per heavy atom. The van der Waals surface area contributed by atoms with Crippen LogP contribution in [0.2, 0.25) is 0 Å². The number of anilines is 2. The second-order valence-electron chi connectivity index (χ2n) is 8.04. The summed E-state index contributed by atoms with van der Waals surface area (Å²) in [6, 6.07) is 7.02. The fourth-order valence-electron chi connectivity index (χ4n) is 4.31. The minimum Gasteiger partial charge on any atom is -0.494 e. The van der Waals surface area contributed by atoms with Gasteiger partial charge in [0, 0.05) is 49.4 Å². The van der Waals surface area contributed by atoms with Crippen molar-refractivity contribution in [1.29, 1.82) is 0 Å². The Morgan fingerprint density at radius 3 is 2.78 bits per heavy atom. The fraction of sp³-hybridized carbons (Fsp3) is 0.348. The highest BCUT2D eigenvalue weighted by Crippen LogP contribution is 2.31. The summed E-state index contributed by atoms with van der Waals surface area (Å²) in [5.74, 6) is 0.932. The van der Waals surface area contributed by atoms with E-state index in [0.717, 1.165) is 22.2 Å². The number of hydrogen-bond donors (Lipinski definition) is 3. The van der Waals surface area contributed by atoms with E-state index in [2.05, 4.69) is 20.5 Å². The number of benzene rings is 1. The van der Waals surface area contributed by atoms with Gasteiger partial charge in [0.1, 0.15) is 11.6 Å². The first kappa shape index (κ1) is 20.5. The van der Waals surface area contributed by atoms with Crippen molar-refractivity contribution < 1.29 is 14.3 Å². The van der Waals surface area contributed by atoms with Gasteiger partial charge in [0.05, 0.1) is 37.1 Å². The van der Waals surface area contributed by atoms with Crippen molar-refractivity contribution in [2.45, 2.75) is 20.0 Å². The summed E-state index contributed by atoms with van der Waals surface area (Å²) in [6.45, 7) is 5.85. The van der Waals surface area contributed by atoms with Crippen LogP contribution >= 0.6 is 0 Å². The molecule has 32 heavy (non-hydrogen) atoms. The first-order valence-electron chi connectivity index (χ1n) is 10.6. The molecule has 3 N–H and O–H groups in total. The number of aromatic amines is 1. The summed E-state index contributed by atoms with van der Waals surface area (Å²) in [4.78, 5) is 35.1. The molecule has 166 valence electrons. The van der Waals surface area contributed by atoms with E-state index in [0.29, 0.717) is 67.7 Å². The Balaban J connectivity index is 1.54. The molecule has 1 saturated heterocycles. The third-order valence-corrected chi connectivity index (χ3v) is 5.93. The van der Waals surface area contributed by atoms with Crippen LogP contribution in [-0.2, 0) is 17.8 Å². The summed E-state index contributed by atoms with van der Waals surface area (Å²) < 4.78 is 11.0. The lowest BCUT2D eigenvalue weighted by Crippen LogP contribution is -2.38. The topological polar surface area (TPSA) is 109 Å². The second-order valence-corrected chi connectivity index (χ2v) is 8.04. The number of carbonyl (C=O) groups is 1. The molecule has 0 bridgehead atoms. The molecule has 0 spiro atoms. The first-order chi connectivity index (χ1) is 15.5. The molecule has 3 aromatic rings. The summed E-state index contributed by atoms with van der Waals surface area (Å²) in [5, 5.41) is 7.11. The third kappa shape index (κ3) is 3.69. The molecule has 0 radical (unpaired) electrons. The number of H-pyrrole nitrogens is 1. The molecule has 2 aromatic heterocycles. The number of methoxy groups -OCH3 is 1. The first-order valence-corrected chi connectivity index (χ1v) is 10.6. The predicted octanol–water partition coefficient (Wildman–Crippen LogP) is 1.93. The highest BCUT2D eigenvalue weighted by molar-refractivity contribution is 6.09. The van der Waals surface area contributed by atoms with Crippen molar-refractivity contribution in [3.8, 4) is 5.75 Å². The average molecular weight is 435 g/mol. The number of hydrogen-bond acceptors (Lipinski definition) is 7. The van der Waals surface area contributed by atoms with E-state index in [1.54, 1.807) is 6.07 Å². The minimum atomic E-state index is -0.239. The van der Waals surface area contributed by atoms with Crippen LogP contribution in [0.5, 0.6) is 5.75 Å². The van der Waals surface area contributed by atoms with E-state index in [4.69, 9.17) is 14.5 Å². The number of fused-ring (bicyclic) bond motifs is 2. The average Bonchev–Trinajstić information content (AvgIpc) is 3.26. The van der Waals surface area contributed by atoms with Gasteiger partial charge >= 0.3 is 0 Å². The molecule has 1 amide bonds. The van der Waals surface area contributed by atoms with E-state index in [9.17, 15) is 9.59 Å².